The summed E-state index contributed by atoms with van der Waals surface area (Å²) >= 11 is 0. The summed E-state index contributed by atoms with van der Waals surface area (Å²) in [4.78, 5) is 6.48. The van der Waals surface area contributed by atoms with E-state index < -0.39 is 10.0 Å². The zero-order valence-corrected chi connectivity index (χ0v) is 21.3. The molecule has 0 spiro atoms. The monoisotopic (exact) mass is 541 g/mol. The minimum atomic E-state index is -3.10. The Kier molecular flexibility index (Phi) is 10.9. The van der Waals surface area contributed by atoms with E-state index in [0.29, 0.717) is 26.1 Å². The molecule has 1 aliphatic rings. The molecule has 0 aromatic carbocycles. The molecule has 1 aliphatic heterocycles. The van der Waals surface area contributed by atoms with Crippen LogP contribution in [0.3, 0.4) is 0 Å². The van der Waals surface area contributed by atoms with Crippen molar-refractivity contribution in [3.05, 3.63) is 18.0 Å². The molecule has 1 atom stereocenters. The van der Waals surface area contributed by atoms with Gasteiger partial charge >= 0.3 is 0 Å². The van der Waals surface area contributed by atoms with Gasteiger partial charge in [0.25, 0.3) is 0 Å². The van der Waals surface area contributed by atoms with E-state index in [-0.39, 0.29) is 41.8 Å². The zero-order chi connectivity index (χ0) is 20.7. The third kappa shape index (κ3) is 7.68. The Labute approximate surface area is 192 Å². The second kappa shape index (κ2) is 12.1. The lowest BCUT2D eigenvalue weighted by molar-refractivity contribution is 0.293. The van der Waals surface area contributed by atoms with Gasteiger partial charge in [-0.2, -0.15) is 5.10 Å². The molecule has 1 saturated heterocycles. The molecule has 168 valence electrons. The van der Waals surface area contributed by atoms with E-state index in [1.54, 1.807) is 16.0 Å². The topological polar surface area (TPSA) is 94.9 Å². The second-order valence-corrected chi connectivity index (χ2v) is 9.60. The van der Waals surface area contributed by atoms with Crippen LogP contribution in [0.15, 0.2) is 17.4 Å². The zero-order valence-electron chi connectivity index (χ0n) is 18.1. The molecule has 9 nitrogen and oxygen atoms in total. The Balaban J connectivity index is 0.00000420. The number of rotatable bonds is 8. The van der Waals surface area contributed by atoms with Crippen LogP contribution < -0.4 is 10.6 Å². The Bertz CT molecular complexity index is 743. The van der Waals surface area contributed by atoms with E-state index in [4.69, 9.17) is 0 Å². The number of sulfonamides is 1. The lowest BCUT2D eigenvalue weighted by Gasteiger charge is -2.32. The molecule has 29 heavy (non-hydrogen) atoms. The first-order valence-electron chi connectivity index (χ1n) is 9.86. The van der Waals surface area contributed by atoms with Crippen LogP contribution in [0, 0.1) is 0 Å². The number of likely N-dealkylation sites (N-methyl/N-ethyl adjacent to an activating group) is 1. The average molecular weight is 542 g/mol. The molecule has 2 rings (SSSR count). The molecule has 0 radical (unpaired) electrons. The maximum atomic E-state index is 12.2. The highest BCUT2D eigenvalue weighted by Gasteiger charge is 2.27. The SMILES string of the molecule is CCCS(=O)(=O)N1CCC(NC(=NC)NCC(c2cnn(C)c2)N(C)C)CC1.I. The minimum absolute atomic E-state index is 0. The van der Waals surface area contributed by atoms with Gasteiger partial charge in [0.2, 0.25) is 10.0 Å². The highest BCUT2D eigenvalue weighted by Crippen LogP contribution is 2.17. The van der Waals surface area contributed by atoms with Crippen LogP contribution in [0.4, 0.5) is 0 Å². The highest BCUT2D eigenvalue weighted by atomic mass is 127. The molecule has 1 fully saturated rings. The first-order valence-corrected chi connectivity index (χ1v) is 11.5. The van der Waals surface area contributed by atoms with E-state index in [1.165, 1.54) is 0 Å². The van der Waals surface area contributed by atoms with E-state index in [0.717, 1.165) is 24.4 Å². The summed E-state index contributed by atoms with van der Waals surface area (Å²) in [5, 5.41) is 11.1. The summed E-state index contributed by atoms with van der Waals surface area (Å²) in [7, 11) is 4.65. The predicted molar refractivity (Wildman–Crippen MR) is 128 cm³/mol. The number of aliphatic imine (C=N–C) groups is 1. The maximum absolute atomic E-state index is 12.2. The molecule has 11 heteroatoms. The molecule has 0 saturated carbocycles. The number of aromatic nitrogens is 2. The van der Waals surface area contributed by atoms with Crippen LogP contribution in [0.2, 0.25) is 0 Å². The van der Waals surface area contributed by atoms with Crippen LogP contribution in [0.1, 0.15) is 37.8 Å². The van der Waals surface area contributed by atoms with E-state index in [2.05, 4.69) is 25.6 Å². The first-order chi connectivity index (χ1) is 13.3. The fourth-order valence-electron chi connectivity index (χ4n) is 3.46. The van der Waals surface area contributed by atoms with Gasteiger partial charge in [0.15, 0.2) is 5.96 Å². The van der Waals surface area contributed by atoms with Crippen molar-refractivity contribution in [2.24, 2.45) is 12.0 Å². The number of nitrogens with one attached hydrogen (secondary N) is 2. The van der Waals surface area contributed by atoms with Gasteiger partial charge in [0.05, 0.1) is 18.0 Å². The van der Waals surface area contributed by atoms with Gasteiger partial charge < -0.3 is 15.5 Å². The van der Waals surface area contributed by atoms with Gasteiger partial charge in [-0.3, -0.25) is 9.67 Å². The molecule has 0 aliphatic carbocycles. The van der Waals surface area contributed by atoms with Crippen molar-refractivity contribution >= 4 is 40.0 Å². The standard InChI is InChI=1S/C18H35N7O2S.HI/c1-6-11-28(26,27)25-9-7-16(8-10-25)22-18(19-2)20-13-17(23(3)4)15-12-21-24(5)14-15;/h12,14,16-17H,6-11,13H2,1-5H3,(H2,19,20,22);1H. The third-order valence-electron chi connectivity index (χ3n) is 5.07. The summed E-state index contributed by atoms with van der Waals surface area (Å²) in [6.07, 6.45) is 6.12. The molecule has 2 heterocycles. The Morgan fingerprint density at radius 2 is 2.03 bits per heavy atom. The van der Waals surface area contributed by atoms with Crippen molar-refractivity contribution in [2.45, 2.75) is 38.3 Å². The van der Waals surface area contributed by atoms with Crippen LogP contribution in [-0.4, -0.2) is 85.9 Å². The van der Waals surface area contributed by atoms with Crippen molar-refractivity contribution in [3.8, 4) is 0 Å². The highest BCUT2D eigenvalue weighted by molar-refractivity contribution is 14.0. The molecular weight excluding hydrogens is 505 g/mol. The Morgan fingerprint density at radius 3 is 2.52 bits per heavy atom. The fourth-order valence-corrected chi connectivity index (χ4v) is 5.00. The van der Waals surface area contributed by atoms with E-state index in [9.17, 15) is 8.42 Å². The fraction of sp³-hybridized carbons (Fsp3) is 0.778. The molecule has 1 unspecified atom stereocenters. The smallest absolute Gasteiger partial charge is 0.214 e. The molecule has 1 aromatic rings. The minimum Gasteiger partial charge on any atom is -0.354 e. The molecule has 2 N–H and O–H groups in total. The van der Waals surface area contributed by atoms with Gasteiger partial charge in [-0.15, -0.1) is 24.0 Å². The van der Waals surface area contributed by atoms with Crippen molar-refractivity contribution in [3.63, 3.8) is 0 Å². The summed E-state index contributed by atoms with van der Waals surface area (Å²) < 4.78 is 27.8. The number of aryl methyl sites for hydroxylation is 1. The quantitative estimate of drug-likeness (QED) is 0.290. The van der Waals surface area contributed by atoms with E-state index in [1.807, 2.05) is 40.5 Å². The van der Waals surface area contributed by atoms with Crippen molar-refractivity contribution in [2.75, 3.05) is 46.5 Å². The number of piperidine rings is 1. The summed E-state index contributed by atoms with van der Waals surface area (Å²) in [5.74, 6) is 0.972. The largest absolute Gasteiger partial charge is 0.354 e. The van der Waals surface area contributed by atoms with Crippen molar-refractivity contribution in [1.29, 1.82) is 0 Å². The van der Waals surface area contributed by atoms with Gasteiger partial charge in [-0.1, -0.05) is 6.92 Å². The van der Waals surface area contributed by atoms with Gasteiger partial charge in [0, 0.05) is 51.5 Å². The normalized spacial score (nSPS) is 17.8. The lowest BCUT2D eigenvalue weighted by atomic mass is 10.1. The number of hydrogen-bond donors (Lipinski definition) is 2. The first kappa shape index (κ1) is 26.1. The maximum Gasteiger partial charge on any atom is 0.214 e. The molecule has 1 aromatic heterocycles. The summed E-state index contributed by atoms with van der Waals surface area (Å²) in [6.45, 7) is 3.72. The van der Waals surface area contributed by atoms with Crippen LogP contribution in [-0.2, 0) is 17.1 Å². The van der Waals surface area contributed by atoms with Gasteiger partial charge in [-0.05, 0) is 33.4 Å². The third-order valence-corrected chi connectivity index (χ3v) is 7.15. The molecular formula is C18H36IN7O2S. The number of nitrogens with zero attached hydrogens (tertiary/aromatic N) is 5. The molecule has 0 amide bonds. The summed E-state index contributed by atoms with van der Waals surface area (Å²) in [5.41, 5.74) is 1.14. The Hall–Kier alpha value is -0.920. The second-order valence-electron chi connectivity index (χ2n) is 7.51. The number of guanidine groups is 1. The number of halogens is 1. The van der Waals surface area contributed by atoms with Gasteiger partial charge in [-0.25, -0.2) is 12.7 Å². The van der Waals surface area contributed by atoms with Crippen molar-refractivity contribution in [1.82, 2.24) is 29.6 Å². The van der Waals surface area contributed by atoms with Gasteiger partial charge in [0.1, 0.15) is 0 Å². The van der Waals surface area contributed by atoms with E-state index >= 15 is 0 Å². The van der Waals surface area contributed by atoms with Crippen molar-refractivity contribution < 1.29 is 8.42 Å². The Morgan fingerprint density at radius 1 is 1.38 bits per heavy atom. The van der Waals surface area contributed by atoms with Crippen LogP contribution in [0.25, 0.3) is 0 Å². The molecule has 0 bridgehead atoms. The number of hydrogen-bond acceptors (Lipinski definition) is 5. The average Bonchev–Trinajstić information content (AvgIpc) is 3.07. The lowest BCUT2D eigenvalue weighted by Crippen LogP contribution is -2.50. The van der Waals surface area contributed by atoms with Crippen LogP contribution >= 0.6 is 24.0 Å². The predicted octanol–water partition coefficient (Wildman–Crippen LogP) is 1.01. The summed E-state index contributed by atoms with van der Waals surface area (Å²) in [6, 6.07) is 0.392. The van der Waals surface area contributed by atoms with Crippen LogP contribution in [0.5, 0.6) is 0 Å².